The molecule has 39 heavy (non-hydrogen) atoms. The van der Waals surface area contributed by atoms with Gasteiger partial charge in [-0.3, -0.25) is 5.32 Å². The summed E-state index contributed by atoms with van der Waals surface area (Å²) in [6, 6.07) is 0.316. The van der Waals surface area contributed by atoms with E-state index in [0.29, 0.717) is 26.3 Å². The molecule has 0 aromatic heterocycles. The van der Waals surface area contributed by atoms with Crippen molar-refractivity contribution in [3.05, 3.63) is 31.2 Å². The second kappa shape index (κ2) is 26.6. The second-order valence-electron chi connectivity index (χ2n) is 9.68. The molecular weight excluding hydrogens is 512 g/mol. The molecule has 0 bridgehead atoms. The highest BCUT2D eigenvalue weighted by Crippen LogP contribution is 2.05. The van der Waals surface area contributed by atoms with Crippen LogP contribution < -0.4 is 5.32 Å². The lowest BCUT2D eigenvalue weighted by atomic mass is 10.2. The van der Waals surface area contributed by atoms with Crippen molar-refractivity contribution in [1.82, 2.24) is 20.3 Å². The lowest BCUT2D eigenvalue weighted by Gasteiger charge is -2.22. The lowest BCUT2D eigenvalue weighted by molar-refractivity contribution is -0.697. The van der Waals surface area contributed by atoms with Gasteiger partial charge in [-0.15, -0.1) is 15.0 Å². The average molecular weight is 566 g/mol. The summed E-state index contributed by atoms with van der Waals surface area (Å²) in [6.45, 7) is 19.5. The Balaban J connectivity index is -0.000000503. The fourth-order valence-corrected chi connectivity index (χ4v) is 3.01. The maximum absolute atomic E-state index is 11.0. The molecular formula is C23H53N10O6-3. The highest BCUT2D eigenvalue weighted by Gasteiger charge is 2.15. The van der Waals surface area contributed by atoms with E-state index in [0.717, 1.165) is 38.5 Å². The monoisotopic (exact) mass is 565 g/mol. The van der Waals surface area contributed by atoms with Crippen LogP contribution in [0.3, 0.4) is 0 Å². The first kappa shape index (κ1) is 40.5. The van der Waals surface area contributed by atoms with Gasteiger partial charge >= 0.3 is 0 Å². The maximum Gasteiger partial charge on any atom is 0.127 e. The zero-order valence-corrected chi connectivity index (χ0v) is 25.5. The summed E-state index contributed by atoms with van der Waals surface area (Å²) >= 11 is 0. The van der Waals surface area contributed by atoms with Crippen molar-refractivity contribution < 1.29 is 14.9 Å². The number of hydrogen-bond acceptors (Lipinski definition) is 10. The molecule has 0 heterocycles. The molecule has 0 rings (SSSR count). The van der Waals surface area contributed by atoms with Crippen LogP contribution >= 0.6 is 0 Å². The molecule has 0 spiro atoms. The molecule has 0 atom stereocenters. The third-order valence-corrected chi connectivity index (χ3v) is 5.23. The summed E-state index contributed by atoms with van der Waals surface area (Å²) < 4.78 is 0. The highest BCUT2D eigenvalue weighted by molar-refractivity contribution is 4.53. The van der Waals surface area contributed by atoms with Crippen molar-refractivity contribution in [3.8, 4) is 0 Å². The molecule has 0 aliphatic carbocycles. The Morgan fingerprint density at radius 3 is 1.41 bits per heavy atom. The Hall–Kier alpha value is -3.04. The highest BCUT2D eigenvalue weighted by atomic mass is 16.6. The van der Waals surface area contributed by atoms with Gasteiger partial charge in [0.25, 0.3) is 0 Å². The van der Waals surface area contributed by atoms with Gasteiger partial charge in [-0.2, -0.15) is 0 Å². The zero-order chi connectivity index (χ0) is 30.8. The summed E-state index contributed by atoms with van der Waals surface area (Å²) in [5, 5.41) is 76.8. The number of rotatable bonds is 18. The van der Waals surface area contributed by atoms with Crippen LogP contribution in [-0.4, -0.2) is 74.4 Å². The Labute approximate surface area is 234 Å². The van der Waals surface area contributed by atoms with Crippen molar-refractivity contribution in [1.29, 1.82) is 0 Å². The number of unbranched alkanes of at least 4 members (excludes halogenated alkanes) is 4. The molecule has 0 radical (unpaired) electrons. The van der Waals surface area contributed by atoms with E-state index in [1.807, 2.05) is 55.4 Å². The fraction of sp³-hybridized carbons (Fsp3) is 1.00. The van der Waals surface area contributed by atoms with Crippen LogP contribution in [0.1, 0.15) is 107 Å². The third kappa shape index (κ3) is 22.6. The molecule has 0 unspecified atom stereocenters. The molecule has 0 aliphatic rings. The first-order valence-corrected chi connectivity index (χ1v) is 13.8. The van der Waals surface area contributed by atoms with Crippen molar-refractivity contribution >= 4 is 0 Å². The van der Waals surface area contributed by atoms with E-state index in [4.69, 9.17) is 0 Å². The van der Waals surface area contributed by atoms with Gasteiger partial charge in [0.15, 0.2) is 0 Å². The smallest absolute Gasteiger partial charge is 0.127 e. The van der Waals surface area contributed by atoms with Crippen LogP contribution in [0.25, 0.3) is 0 Å². The van der Waals surface area contributed by atoms with Crippen molar-refractivity contribution in [2.45, 2.75) is 125 Å². The SMILES string of the molecule is CCCCCCN(C(C)C)/[N+]([O-])=N/[O-].CCCCN(CNC(C)C)/[N+]([O-])=N/[O-].CCCN(C(C)C)/[N+]([O-])=N/[O-]. The van der Waals surface area contributed by atoms with Crippen LogP contribution in [0.5, 0.6) is 0 Å². The van der Waals surface area contributed by atoms with Crippen LogP contribution in [0.4, 0.5) is 0 Å². The first-order chi connectivity index (χ1) is 18.4. The molecule has 1 N–H and O–H groups in total. The van der Waals surface area contributed by atoms with Gasteiger partial charge in [0.05, 0.1) is 31.7 Å². The predicted octanol–water partition coefficient (Wildman–Crippen LogP) is 5.55. The molecule has 234 valence electrons. The fourth-order valence-electron chi connectivity index (χ4n) is 3.01. The van der Waals surface area contributed by atoms with E-state index in [9.17, 15) is 31.2 Å². The van der Waals surface area contributed by atoms with Gasteiger partial charge in [-0.1, -0.05) is 46.5 Å². The van der Waals surface area contributed by atoms with Gasteiger partial charge < -0.3 is 31.2 Å². The molecule has 0 aromatic carbocycles. The van der Waals surface area contributed by atoms with Gasteiger partial charge in [0.2, 0.25) is 0 Å². The molecule has 0 aliphatic heterocycles. The molecule has 16 heteroatoms. The van der Waals surface area contributed by atoms with Crippen LogP contribution in [0.15, 0.2) is 15.8 Å². The van der Waals surface area contributed by atoms with Crippen LogP contribution in [0.2, 0.25) is 0 Å². The largest absolute Gasteiger partial charge is 0.737 e. The third-order valence-electron chi connectivity index (χ3n) is 5.23. The Morgan fingerprint density at radius 2 is 1.05 bits per heavy atom. The van der Waals surface area contributed by atoms with Gasteiger partial charge in [0.1, 0.15) is 6.67 Å². The number of nitrogens with zero attached hydrogens (tertiary/aromatic N) is 9. The first-order valence-electron chi connectivity index (χ1n) is 13.8. The van der Waals surface area contributed by atoms with Gasteiger partial charge in [-0.25, -0.2) is 0 Å². The van der Waals surface area contributed by atoms with Gasteiger partial charge in [0, 0.05) is 21.0 Å². The number of hydrazine groups is 3. The van der Waals surface area contributed by atoms with E-state index >= 15 is 0 Å². The summed E-state index contributed by atoms with van der Waals surface area (Å²) in [7, 11) is 0. The summed E-state index contributed by atoms with van der Waals surface area (Å²) in [5.74, 6) is 0. The minimum absolute atomic E-state index is 0.0187. The second-order valence-corrected chi connectivity index (χ2v) is 9.68. The minimum atomic E-state index is 0.0187. The van der Waals surface area contributed by atoms with E-state index in [2.05, 4.69) is 28.1 Å². The Kier molecular flexibility index (Phi) is 27.6. The zero-order valence-electron chi connectivity index (χ0n) is 25.5. The van der Waals surface area contributed by atoms with Crippen molar-refractivity contribution in [2.24, 2.45) is 15.8 Å². The predicted molar refractivity (Wildman–Crippen MR) is 151 cm³/mol. The van der Waals surface area contributed by atoms with Crippen LogP contribution in [-0.2, 0) is 0 Å². The quantitative estimate of drug-likeness (QED) is 0.0719. The molecule has 0 amide bonds. The molecule has 0 saturated heterocycles. The van der Waals surface area contributed by atoms with Gasteiger partial charge in [-0.05, 0) is 76.6 Å². The Morgan fingerprint density at radius 1 is 0.590 bits per heavy atom. The molecule has 0 aromatic rings. The standard InChI is InChI=1S/C9H21N3O2.C8H20N4O2.C6H15N3O2/c1-4-5-6-7-8-11(9(2)3)12(14)10-13;1-4-5-6-11(12(14)10-13)7-9-8(2)3;1-4-5-8(6(2)3)9(11)7-10/h9,13H,4-8H2,1-3H3;8-9,13H,4-7H2,1-3H3;6,10H,4-5H2,1-3H3/p-3/b2*12-10-;9-7-. The van der Waals surface area contributed by atoms with Crippen molar-refractivity contribution in [2.75, 3.05) is 26.3 Å². The topological polar surface area (TPSA) is 206 Å². The van der Waals surface area contributed by atoms with E-state index in [1.165, 1.54) is 21.4 Å². The van der Waals surface area contributed by atoms with Crippen LogP contribution in [0, 0.1) is 31.2 Å². The van der Waals surface area contributed by atoms with E-state index in [1.54, 1.807) is 0 Å². The van der Waals surface area contributed by atoms with Crippen molar-refractivity contribution in [3.63, 3.8) is 0 Å². The van der Waals surface area contributed by atoms with E-state index < -0.39 is 0 Å². The molecule has 16 nitrogen and oxygen atoms in total. The average Bonchev–Trinajstić information content (AvgIpc) is 2.90. The lowest BCUT2D eigenvalue weighted by Crippen LogP contribution is -2.41. The number of hydrogen-bond donors (Lipinski definition) is 1. The minimum Gasteiger partial charge on any atom is -0.737 e. The summed E-state index contributed by atoms with van der Waals surface area (Å²) in [4.78, 5) is 0.357. The summed E-state index contributed by atoms with van der Waals surface area (Å²) in [6.07, 6.45) is 7.02. The normalized spacial score (nSPS) is 12.2. The number of nitrogens with one attached hydrogen (secondary N) is 1. The Bertz CT molecular complexity index is 651. The molecule has 0 saturated carbocycles. The molecule has 0 fully saturated rings. The van der Waals surface area contributed by atoms with E-state index in [-0.39, 0.29) is 33.0 Å². The summed E-state index contributed by atoms with van der Waals surface area (Å²) in [5.41, 5.74) is 0. The maximum atomic E-state index is 11.0.